The van der Waals surface area contributed by atoms with Crippen LogP contribution >= 0.6 is 0 Å². The molecule has 0 bridgehead atoms. The Morgan fingerprint density at radius 3 is 2.52 bits per heavy atom. The van der Waals surface area contributed by atoms with Crippen molar-refractivity contribution >= 4 is 20.0 Å². The van der Waals surface area contributed by atoms with Gasteiger partial charge >= 0.3 is 0 Å². The summed E-state index contributed by atoms with van der Waals surface area (Å²) < 4.78 is 71.5. The normalized spacial score (nSPS) is 20.8. The highest BCUT2D eigenvalue weighted by molar-refractivity contribution is 7.90. The molecule has 0 radical (unpaired) electrons. The number of hydrogen-bond donors (Lipinski definition) is 1. The maximum atomic E-state index is 13.6. The van der Waals surface area contributed by atoms with Crippen LogP contribution in [0.4, 0.5) is 0 Å². The van der Waals surface area contributed by atoms with E-state index in [0.29, 0.717) is 38.5 Å². The van der Waals surface area contributed by atoms with E-state index < -0.39 is 20.0 Å². The van der Waals surface area contributed by atoms with Crippen LogP contribution in [-0.2, 0) is 24.8 Å². The smallest absolute Gasteiger partial charge is 0.247 e. The molecule has 1 aromatic carbocycles. The Balaban J connectivity index is 1.87. The SMILES string of the molecule is COc1ccc(OC)c(S(=O)(=O)N(CCS(=O)(=O)N2CCNCC2)C[C@@H]2CCCO2)c1. The van der Waals surface area contributed by atoms with E-state index in [0.717, 1.165) is 12.8 Å². The topological polar surface area (TPSA) is 114 Å². The number of hydrogen-bond acceptors (Lipinski definition) is 8. The zero-order chi connectivity index (χ0) is 22.5. The third-order valence-corrected chi connectivity index (χ3v) is 9.22. The molecule has 0 saturated carbocycles. The van der Waals surface area contributed by atoms with Crippen molar-refractivity contribution < 1.29 is 31.0 Å². The van der Waals surface area contributed by atoms with Crippen LogP contribution in [0.3, 0.4) is 0 Å². The molecule has 176 valence electrons. The standard InChI is InChI=1S/C19H31N3O7S2/c1-27-16-5-6-18(28-2)19(14-16)31(25,26)22(15-17-4-3-12-29-17)11-13-30(23,24)21-9-7-20-8-10-21/h5-6,14,17,20H,3-4,7-13,15H2,1-2H3/t17-/m0/s1. The number of benzene rings is 1. The number of piperazine rings is 1. The summed E-state index contributed by atoms with van der Waals surface area (Å²) in [5.41, 5.74) is 0. The zero-order valence-electron chi connectivity index (χ0n) is 17.9. The minimum Gasteiger partial charge on any atom is -0.497 e. The van der Waals surface area contributed by atoms with Crippen molar-refractivity contribution in [2.45, 2.75) is 23.8 Å². The number of nitrogens with zero attached hydrogens (tertiary/aromatic N) is 2. The summed E-state index contributed by atoms with van der Waals surface area (Å²) in [7, 11) is -4.82. The monoisotopic (exact) mass is 477 g/mol. The first-order valence-corrected chi connectivity index (χ1v) is 13.3. The molecule has 1 aromatic rings. The number of methoxy groups -OCH3 is 2. The van der Waals surface area contributed by atoms with Crippen molar-refractivity contribution in [2.75, 3.05) is 65.8 Å². The van der Waals surface area contributed by atoms with E-state index in [1.54, 1.807) is 6.07 Å². The molecule has 3 rings (SSSR count). The van der Waals surface area contributed by atoms with Crippen molar-refractivity contribution in [3.8, 4) is 11.5 Å². The van der Waals surface area contributed by atoms with Crippen LogP contribution in [0.25, 0.3) is 0 Å². The fraction of sp³-hybridized carbons (Fsp3) is 0.684. The van der Waals surface area contributed by atoms with Crippen LogP contribution in [0.2, 0.25) is 0 Å². The summed E-state index contributed by atoms with van der Waals surface area (Å²) in [5, 5.41) is 3.11. The van der Waals surface area contributed by atoms with Gasteiger partial charge in [0, 0.05) is 51.9 Å². The highest BCUT2D eigenvalue weighted by atomic mass is 32.2. The van der Waals surface area contributed by atoms with Crippen molar-refractivity contribution in [1.82, 2.24) is 13.9 Å². The van der Waals surface area contributed by atoms with Crippen LogP contribution in [-0.4, -0.2) is 97.4 Å². The molecule has 0 aliphatic carbocycles. The van der Waals surface area contributed by atoms with Gasteiger partial charge in [0.2, 0.25) is 20.0 Å². The molecule has 2 saturated heterocycles. The second-order valence-electron chi connectivity index (χ2n) is 7.48. The third kappa shape index (κ3) is 5.88. The molecule has 1 atom stereocenters. The molecule has 2 heterocycles. The van der Waals surface area contributed by atoms with E-state index in [-0.39, 0.29) is 35.6 Å². The van der Waals surface area contributed by atoms with Gasteiger partial charge in [-0.1, -0.05) is 0 Å². The third-order valence-electron chi connectivity index (χ3n) is 5.49. The molecule has 31 heavy (non-hydrogen) atoms. The summed E-state index contributed by atoms with van der Waals surface area (Å²) >= 11 is 0. The summed E-state index contributed by atoms with van der Waals surface area (Å²) in [6.45, 7) is 2.40. The van der Waals surface area contributed by atoms with Crippen LogP contribution in [0.5, 0.6) is 11.5 Å². The maximum absolute atomic E-state index is 13.6. The number of ether oxygens (including phenoxy) is 3. The van der Waals surface area contributed by atoms with Gasteiger partial charge in [-0.15, -0.1) is 0 Å². The van der Waals surface area contributed by atoms with Crippen molar-refractivity contribution in [1.29, 1.82) is 0 Å². The van der Waals surface area contributed by atoms with Crippen LogP contribution < -0.4 is 14.8 Å². The van der Waals surface area contributed by atoms with Crippen molar-refractivity contribution in [3.63, 3.8) is 0 Å². The molecule has 0 aromatic heterocycles. The first kappa shape index (κ1) is 24.2. The molecular weight excluding hydrogens is 446 g/mol. The minimum absolute atomic E-state index is 0.0630. The van der Waals surface area contributed by atoms with Crippen LogP contribution in [0.1, 0.15) is 12.8 Å². The quantitative estimate of drug-likeness (QED) is 0.505. The number of nitrogens with one attached hydrogen (secondary N) is 1. The van der Waals surface area contributed by atoms with E-state index in [4.69, 9.17) is 14.2 Å². The molecule has 2 fully saturated rings. The summed E-state index contributed by atoms with van der Waals surface area (Å²) in [6.07, 6.45) is 1.31. The van der Waals surface area contributed by atoms with Crippen molar-refractivity contribution in [2.24, 2.45) is 0 Å². The second-order valence-corrected chi connectivity index (χ2v) is 11.5. The molecule has 10 nitrogen and oxygen atoms in total. The minimum atomic E-state index is -4.06. The first-order valence-electron chi connectivity index (χ1n) is 10.3. The fourth-order valence-corrected chi connectivity index (χ4v) is 6.93. The Kier molecular flexibility index (Phi) is 8.16. The van der Waals surface area contributed by atoms with Crippen molar-refractivity contribution in [3.05, 3.63) is 18.2 Å². The Morgan fingerprint density at radius 2 is 1.90 bits per heavy atom. The lowest BCUT2D eigenvalue weighted by Crippen LogP contribution is -2.49. The Labute approximate surface area is 184 Å². The van der Waals surface area contributed by atoms with E-state index in [2.05, 4.69) is 5.32 Å². The predicted octanol–water partition coefficient (Wildman–Crippen LogP) is 0.109. The summed E-state index contributed by atoms with van der Waals surface area (Å²) in [5.74, 6) is 0.235. The van der Waals surface area contributed by atoms with E-state index >= 15 is 0 Å². The zero-order valence-corrected chi connectivity index (χ0v) is 19.6. The lowest BCUT2D eigenvalue weighted by atomic mass is 10.2. The van der Waals surface area contributed by atoms with Gasteiger partial charge in [0.25, 0.3) is 0 Å². The molecule has 0 amide bonds. The van der Waals surface area contributed by atoms with Gasteiger partial charge in [-0.25, -0.2) is 16.8 Å². The van der Waals surface area contributed by atoms with E-state index in [1.807, 2.05) is 0 Å². The van der Waals surface area contributed by atoms with Gasteiger partial charge in [-0.05, 0) is 25.0 Å². The first-order chi connectivity index (χ1) is 14.8. The van der Waals surface area contributed by atoms with Crippen LogP contribution in [0, 0.1) is 0 Å². The lowest BCUT2D eigenvalue weighted by Gasteiger charge is -2.29. The average molecular weight is 478 g/mol. The highest BCUT2D eigenvalue weighted by Gasteiger charge is 2.34. The lowest BCUT2D eigenvalue weighted by molar-refractivity contribution is 0.0947. The largest absolute Gasteiger partial charge is 0.497 e. The van der Waals surface area contributed by atoms with Crippen LogP contribution in [0.15, 0.2) is 23.1 Å². The van der Waals surface area contributed by atoms with Gasteiger partial charge in [-0.2, -0.15) is 8.61 Å². The molecule has 0 spiro atoms. The number of sulfonamides is 2. The van der Waals surface area contributed by atoms with E-state index in [1.165, 1.54) is 35.0 Å². The average Bonchev–Trinajstić information content (AvgIpc) is 3.30. The summed E-state index contributed by atoms with van der Waals surface area (Å²) in [4.78, 5) is -0.0630. The molecule has 2 aliphatic rings. The Hall–Kier alpha value is -1.44. The highest BCUT2D eigenvalue weighted by Crippen LogP contribution is 2.31. The van der Waals surface area contributed by atoms with Gasteiger partial charge in [0.15, 0.2) is 0 Å². The van der Waals surface area contributed by atoms with Gasteiger partial charge < -0.3 is 19.5 Å². The van der Waals surface area contributed by atoms with Gasteiger partial charge in [0.1, 0.15) is 16.4 Å². The Bertz CT molecular complexity index is 941. The fourth-order valence-electron chi connectivity index (χ4n) is 3.72. The second kappa shape index (κ2) is 10.5. The molecule has 0 unspecified atom stereocenters. The summed E-state index contributed by atoms with van der Waals surface area (Å²) in [6, 6.07) is 4.52. The maximum Gasteiger partial charge on any atom is 0.247 e. The van der Waals surface area contributed by atoms with E-state index in [9.17, 15) is 16.8 Å². The molecule has 1 N–H and O–H groups in total. The number of rotatable bonds is 10. The Morgan fingerprint density at radius 1 is 1.16 bits per heavy atom. The molecular formula is C19H31N3O7S2. The van der Waals surface area contributed by atoms with Gasteiger partial charge in [-0.3, -0.25) is 0 Å². The molecule has 2 aliphatic heterocycles. The van der Waals surface area contributed by atoms with Gasteiger partial charge in [0.05, 0.1) is 26.1 Å². The predicted molar refractivity (Wildman–Crippen MR) is 116 cm³/mol. The molecule has 12 heteroatoms.